The number of rotatable bonds is 9. The number of ether oxygens (including phenoxy) is 1. The minimum absolute atomic E-state index is 0.316. The molecule has 1 unspecified atom stereocenters. The Morgan fingerprint density at radius 1 is 1.37 bits per heavy atom. The van der Waals surface area contributed by atoms with E-state index in [1.807, 2.05) is 6.92 Å². The Labute approximate surface area is 116 Å². The molecule has 7 heteroatoms. The van der Waals surface area contributed by atoms with Crippen LogP contribution in [0.5, 0.6) is 0 Å². The normalized spacial score (nSPS) is 14.2. The number of sulfonamides is 1. The molecule has 2 N–H and O–H groups in total. The van der Waals surface area contributed by atoms with Crippen molar-refractivity contribution in [3.05, 3.63) is 0 Å². The van der Waals surface area contributed by atoms with E-state index in [9.17, 15) is 13.2 Å². The molecule has 0 aromatic carbocycles. The molecule has 0 aliphatic heterocycles. The lowest BCUT2D eigenvalue weighted by atomic mass is 10.1. The van der Waals surface area contributed by atoms with Gasteiger partial charge in [-0.25, -0.2) is 13.1 Å². The SMILES string of the molecule is CCCCC(NCC(C)(C)NS(C)(=O)=O)C(=O)OC. The van der Waals surface area contributed by atoms with Gasteiger partial charge in [-0.15, -0.1) is 0 Å². The fraction of sp³-hybridized carbons (Fsp3) is 0.917. The molecule has 0 fully saturated rings. The first kappa shape index (κ1) is 18.3. The Kier molecular flexibility index (Phi) is 7.54. The molecule has 0 saturated carbocycles. The zero-order valence-corrected chi connectivity index (χ0v) is 13.3. The zero-order valence-electron chi connectivity index (χ0n) is 12.4. The second kappa shape index (κ2) is 7.81. The summed E-state index contributed by atoms with van der Waals surface area (Å²) in [6.45, 7) is 5.91. The summed E-state index contributed by atoms with van der Waals surface area (Å²) in [5.74, 6) is -0.316. The topological polar surface area (TPSA) is 84.5 Å². The fourth-order valence-corrected chi connectivity index (χ4v) is 2.85. The van der Waals surface area contributed by atoms with E-state index in [1.165, 1.54) is 7.11 Å². The van der Waals surface area contributed by atoms with Crippen LogP contribution >= 0.6 is 0 Å². The molecule has 0 aliphatic carbocycles. The van der Waals surface area contributed by atoms with E-state index in [0.717, 1.165) is 19.1 Å². The number of carbonyl (C=O) groups excluding carboxylic acids is 1. The third-order valence-corrected chi connectivity index (χ3v) is 3.51. The van der Waals surface area contributed by atoms with Crippen LogP contribution in [0.3, 0.4) is 0 Å². The summed E-state index contributed by atoms with van der Waals surface area (Å²) in [7, 11) is -1.93. The summed E-state index contributed by atoms with van der Waals surface area (Å²) in [5, 5.41) is 3.07. The van der Waals surface area contributed by atoms with E-state index < -0.39 is 21.6 Å². The van der Waals surface area contributed by atoms with Crippen LogP contribution in [-0.2, 0) is 19.6 Å². The Morgan fingerprint density at radius 3 is 2.37 bits per heavy atom. The highest BCUT2D eigenvalue weighted by Crippen LogP contribution is 2.06. The Bertz CT molecular complexity index is 379. The van der Waals surface area contributed by atoms with Crippen LogP contribution in [0, 0.1) is 0 Å². The molecule has 19 heavy (non-hydrogen) atoms. The van der Waals surface area contributed by atoms with Crippen molar-refractivity contribution in [2.45, 2.75) is 51.6 Å². The van der Waals surface area contributed by atoms with Gasteiger partial charge in [-0.05, 0) is 20.3 Å². The fourth-order valence-electron chi connectivity index (χ4n) is 1.77. The van der Waals surface area contributed by atoms with Gasteiger partial charge < -0.3 is 10.1 Å². The van der Waals surface area contributed by atoms with Gasteiger partial charge in [0.1, 0.15) is 6.04 Å². The molecule has 0 saturated heterocycles. The summed E-state index contributed by atoms with van der Waals surface area (Å²) >= 11 is 0. The van der Waals surface area contributed by atoms with Crippen LogP contribution in [0.15, 0.2) is 0 Å². The van der Waals surface area contributed by atoms with Crippen molar-refractivity contribution in [2.24, 2.45) is 0 Å². The minimum Gasteiger partial charge on any atom is -0.468 e. The smallest absolute Gasteiger partial charge is 0.322 e. The molecular weight excluding hydrogens is 268 g/mol. The van der Waals surface area contributed by atoms with Crippen LogP contribution in [0.1, 0.15) is 40.0 Å². The van der Waals surface area contributed by atoms with E-state index in [2.05, 4.69) is 10.0 Å². The highest BCUT2D eigenvalue weighted by Gasteiger charge is 2.25. The molecule has 1 atom stereocenters. The van der Waals surface area contributed by atoms with Gasteiger partial charge >= 0.3 is 5.97 Å². The summed E-state index contributed by atoms with van der Waals surface area (Å²) in [5.41, 5.74) is -0.661. The van der Waals surface area contributed by atoms with E-state index in [0.29, 0.717) is 13.0 Å². The van der Waals surface area contributed by atoms with Gasteiger partial charge in [0.15, 0.2) is 0 Å². The van der Waals surface area contributed by atoms with Crippen LogP contribution in [0.2, 0.25) is 0 Å². The van der Waals surface area contributed by atoms with E-state index in [-0.39, 0.29) is 5.97 Å². The predicted molar refractivity (Wildman–Crippen MR) is 75.4 cm³/mol. The molecule has 0 spiro atoms. The van der Waals surface area contributed by atoms with Gasteiger partial charge in [0.25, 0.3) is 0 Å². The van der Waals surface area contributed by atoms with Gasteiger partial charge in [0, 0.05) is 12.1 Å². The molecular formula is C12H26N2O4S. The Balaban J connectivity index is 4.48. The Morgan fingerprint density at radius 2 is 1.95 bits per heavy atom. The molecule has 0 rings (SSSR count). The van der Waals surface area contributed by atoms with Crippen molar-refractivity contribution in [1.82, 2.24) is 10.0 Å². The van der Waals surface area contributed by atoms with E-state index >= 15 is 0 Å². The van der Waals surface area contributed by atoms with Gasteiger partial charge in [-0.1, -0.05) is 19.8 Å². The monoisotopic (exact) mass is 294 g/mol. The number of carbonyl (C=O) groups is 1. The number of nitrogens with one attached hydrogen (secondary N) is 2. The van der Waals surface area contributed by atoms with E-state index in [4.69, 9.17) is 4.74 Å². The quantitative estimate of drug-likeness (QED) is 0.610. The summed E-state index contributed by atoms with van der Waals surface area (Å²) in [6.07, 6.45) is 3.69. The van der Waals surface area contributed by atoms with Crippen molar-refractivity contribution in [1.29, 1.82) is 0 Å². The average molecular weight is 294 g/mol. The van der Waals surface area contributed by atoms with Crippen molar-refractivity contribution in [3.63, 3.8) is 0 Å². The maximum absolute atomic E-state index is 11.6. The third kappa shape index (κ3) is 8.96. The number of methoxy groups -OCH3 is 1. The average Bonchev–Trinajstić information content (AvgIpc) is 2.25. The number of hydrogen-bond donors (Lipinski definition) is 2. The predicted octanol–water partition coefficient (Wildman–Crippen LogP) is 0.636. The summed E-state index contributed by atoms with van der Waals surface area (Å²) in [6, 6.07) is -0.398. The first-order valence-corrected chi connectivity index (χ1v) is 8.30. The van der Waals surface area contributed by atoms with Crippen molar-refractivity contribution < 1.29 is 17.9 Å². The maximum atomic E-state index is 11.6. The first-order chi connectivity index (χ1) is 8.61. The highest BCUT2D eigenvalue weighted by atomic mass is 32.2. The largest absolute Gasteiger partial charge is 0.468 e. The van der Waals surface area contributed by atoms with Crippen molar-refractivity contribution in [3.8, 4) is 0 Å². The second-order valence-corrected chi connectivity index (χ2v) is 7.11. The molecule has 0 bridgehead atoms. The third-order valence-electron chi connectivity index (χ3n) is 2.58. The highest BCUT2D eigenvalue weighted by molar-refractivity contribution is 7.88. The summed E-state index contributed by atoms with van der Waals surface area (Å²) < 4.78 is 29.7. The molecule has 0 heterocycles. The molecule has 0 aliphatic rings. The molecule has 114 valence electrons. The molecule has 0 radical (unpaired) electrons. The first-order valence-electron chi connectivity index (χ1n) is 6.41. The van der Waals surface area contributed by atoms with Crippen molar-refractivity contribution in [2.75, 3.05) is 19.9 Å². The zero-order chi connectivity index (χ0) is 15.1. The summed E-state index contributed by atoms with van der Waals surface area (Å²) in [4.78, 5) is 11.6. The lowest BCUT2D eigenvalue weighted by Crippen LogP contribution is -2.53. The molecule has 0 amide bonds. The molecule has 6 nitrogen and oxygen atoms in total. The van der Waals surface area contributed by atoms with Crippen molar-refractivity contribution >= 4 is 16.0 Å². The van der Waals surface area contributed by atoms with Gasteiger partial charge in [-0.3, -0.25) is 4.79 Å². The van der Waals surface area contributed by atoms with Crippen LogP contribution in [0.4, 0.5) is 0 Å². The molecule has 0 aromatic rings. The lowest BCUT2D eigenvalue weighted by Gasteiger charge is -2.27. The standard InChI is InChI=1S/C12H26N2O4S/c1-6-7-8-10(11(15)18-4)13-9-12(2,3)14-19(5,16)17/h10,13-14H,6-9H2,1-5H3. The number of hydrogen-bond acceptors (Lipinski definition) is 5. The molecule has 0 aromatic heterocycles. The van der Waals surface area contributed by atoms with Gasteiger partial charge in [-0.2, -0.15) is 0 Å². The lowest BCUT2D eigenvalue weighted by molar-refractivity contribution is -0.143. The van der Waals surface area contributed by atoms with Crippen LogP contribution in [0.25, 0.3) is 0 Å². The minimum atomic E-state index is -3.28. The van der Waals surface area contributed by atoms with Crippen LogP contribution < -0.4 is 10.0 Å². The Hall–Kier alpha value is -0.660. The van der Waals surface area contributed by atoms with Gasteiger partial charge in [0.2, 0.25) is 10.0 Å². The maximum Gasteiger partial charge on any atom is 0.322 e. The van der Waals surface area contributed by atoms with E-state index in [1.54, 1.807) is 13.8 Å². The second-order valence-electron chi connectivity index (χ2n) is 5.36. The van der Waals surface area contributed by atoms with Gasteiger partial charge in [0.05, 0.1) is 13.4 Å². The number of unbranched alkanes of at least 4 members (excludes halogenated alkanes) is 1. The van der Waals surface area contributed by atoms with Crippen LogP contribution in [-0.4, -0.2) is 45.9 Å². The number of esters is 1.